The number of nitrogens with one attached hydrogen (secondary N) is 1. The molecule has 18 heavy (non-hydrogen) atoms. The fourth-order valence-corrected chi connectivity index (χ4v) is 3.35. The molecule has 1 aromatic rings. The highest BCUT2D eigenvalue weighted by Crippen LogP contribution is 2.22. The van der Waals surface area contributed by atoms with Gasteiger partial charge in [0.15, 0.2) is 0 Å². The fourth-order valence-electron chi connectivity index (χ4n) is 1.75. The van der Waals surface area contributed by atoms with Crippen molar-refractivity contribution in [2.75, 3.05) is 0 Å². The van der Waals surface area contributed by atoms with Gasteiger partial charge >= 0.3 is 0 Å². The van der Waals surface area contributed by atoms with Crippen molar-refractivity contribution in [3.05, 3.63) is 17.7 Å². The van der Waals surface area contributed by atoms with E-state index >= 15 is 0 Å². The maximum Gasteiger partial charge on any atom is 0.244 e. The van der Waals surface area contributed by atoms with Crippen LogP contribution in [0.1, 0.15) is 40.0 Å². The molecule has 0 amide bonds. The number of aromatic nitrogens is 2. The Morgan fingerprint density at radius 3 is 2.00 bits per heavy atom. The summed E-state index contributed by atoms with van der Waals surface area (Å²) in [5.41, 5.74) is -0.418. The molecule has 0 unspecified atom stereocenters. The van der Waals surface area contributed by atoms with E-state index < -0.39 is 15.6 Å². The molecule has 1 aromatic heterocycles. The number of halogens is 1. The van der Waals surface area contributed by atoms with Gasteiger partial charge in [-0.2, -0.15) is 0 Å². The summed E-state index contributed by atoms with van der Waals surface area (Å²) < 4.78 is 27.1. The fraction of sp³-hybridized carbons (Fsp3) is 0.636. The van der Waals surface area contributed by atoms with Crippen molar-refractivity contribution in [2.24, 2.45) is 0 Å². The van der Waals surface area contributed by atoms with Gasteiger partial charge in [0.2, 0.25) is 15.3 Å². The highest BCUT2D eigenvalue weighted by atomic mass is 35.5. The quantitative estimate of drug-likeness (QED) is 0.817. The Bertz CT molecular complexity index is 475. The molecule has 0 fully saturated rings. The monoisotopic (exact) mass is 291 g/mol. The average Bonchev–Trinajstić information content (AvgIpc) is 2.37. The smallest absolute Gasteiger partial charge is 0.225 e. The Kier molecular flexibility index (Phi) is 5.07. The SMILES string of the molecule is CCC(CC)(CC)NS(=O)(=O)c1cnc(Cl)nc1. The Morgan fingerprint density at radius 1 is 1.17 bits per heavy atom. The molecule has 0 saturated heterocycles. The number of hydrogen-bond donors (Lipinski definition) is 1. The molecular formula is C11H18ClN3O2S. The van der Waals surface area contributed by atoms with Crippen LogP contribution in [-0.4, -0.2) is 23.9 Å². The molecule has 1 N–H and O–H groups in total. The predicted molar refractivity (Wildman–Crippen MR) is 71.0 cm³/mol. The predicted octanol–water partition coefficient (Wildman–Crippen LogP) is 2.38. The van der Waals surface area contributed by atoms with Crippen molar-refractivity contribution < 1.29 is 8.42 Å². The molecule has 0 spiro atoms. The first-order chi connectivity index (χ1) is 8.39. The van der Waals surface area contributed by atoms with Gasteiger partial charge in [0, 0.05) is 5.54 Å². The minimum Gasteiger partial charge on any atom is -0.225 e. The van der Waals surface area contributed by atoms with Gasteiger partial charge in [-0.1, -0.05) is 20.8 Å². The second kappa shape index (κ2) is 5.95. The van der Waals surface area contributed by atoms with Gasteiger partial charge in [-0.3, -0.25) is 0 Å². The summed E-state index contributed by atoms with van der Waals surface area (Å²) in [5.74, 6) is 0. The third-order valence-corrected chi connectivity index (χ3v) is 5.02. The van der Waals surface area contributed by atoms with Crippen molar-refractivity contribution in [3.8, 4) is 0 Å². The Morgan fingerprint density at radius 2 is 1.61 bits per heavy atom. The Hall–Kier alpha value is -0.720. The number of hydrogen-bond acceptors (Lipinski definition) is 4. The van der Waals surface area contributed by atoms with E-state index in [2.05, 4.69) is 14.7 Å². The van der Waals surface area contributed by atoms with E-state index in [1.807, 2.05) is 20.8 Å². The van der Waals surface area contributed by atoms with Gasteiger partial charge < -0.3 is 0 Å². The number of rotatable bonds is 6. The van der Waals surface area contributed by atoms with Crippen LogP contribution in [0.15, 0.2) is 17.3 Å². The highest BCUT2D eigenvalue weighted by molar-refractivity contribution is 7.89. The van der Waals surface area contributed by atoms with Crippen LogP contribution in [0.25, 0.3) is 0 Å². The van der Waals surface area contributed by atoms with Gasteiger partial charge in [-0.25, -0.2) is 23.1 Å². The third kappa shape index (κ3) is 3.40. The summed E-state index contributed by atoms with van der Waals surface area (Å²) in [4.78, 5) is 7.41. The van der Waals surface area contributed by atoms with Crippen molar-refractivity contribution in [1.82, 2.24) is 14.7 Å². The van der Waals surface area contributed by atoms with Gasteiger partial charge in [0.1, 0.15) is 4.90 Å². The first-order valence-electron chi connectivity index (χ1n) is 5.90. The van der Waals surface area contributed by atoms with Crippen LogP contribution in [0.5, 0.6) is 0 Å². The summed E-state index contributed by atoms with van der Waals surface area (Å²) in [5, 5.41) is 0.0293. The summed E-state index contributed by atoms with van der Waals surface area (Å²) >= 11 is 5.54. The van der Waals surface area contributed by atoms with E-state index in [0.29, 0.717) is 0 Å². The maximum absolute atomic E-state index is 12.2. The molecule has 5 nitrogen and oxygen atoms in total. The zero-order valence-corrected chi connectivity index (χ0v) is 12.3. The molecule has 7 heteroatoms. The van der Waals surface area contributed by atoms with Crippen LogP contribution in [-0.2, 0) is 10.0 Å². The summed E-state index contributed by atoms with van der Waals surface area (Å²) in [6, 6.07) is 0. The molecule has 0 aromatic carbocycles. The third-order valence-electron chi connectivity index (χ3n) is 3.29. The Balaban J connectivity index is 3.04. The largest absolute Gasteiger partial charge is 0.244 e. The van der Waals surface area contributed by atoms with E-state index in [9.17, 15) is 8.42 Å². The molecule has 0 bridgehead atoms. The summed E-state index contributed by atoms with van der Waals surface area (Å²) in [6.45, 7) is 5.90. The van der Waals surface area contributed by atoms with E-state index in [0.717, 1.165) is 19.3 Å². The minimum atomic E-state index is -3.60. The van der Waals surface area contributed by atoms with E-state index in [-0.39, 0.29) is 10.2 Å². The lowest BCUT2D eigenvalue weighted by atomic mass is 9.91. The second-order valence-electron chi connectivity index (χ2n) is 4.13. The highest BCUT2D eigenvalue weighted by Gasteiger charge is 2.30. The zero-order valence-electron chi connectivity index (χ0n) is 10.8. The summed E-state index contributed by atoms with van der Waals surface area (Å²) in [6.07, 6.45) is 4.61. The average molecular weight is 292 g/mol. The topological polar surface area (TPSA) is 72.0 Å². The van der Waals surface area contributed by atoms with Crippen LogP contribution in [0.3, 0.4) is 0 Å². The van der Waals surface area contributed by atoms with E-state index in [4.69, 9.17) is 11.6 Å². The van der Waals surface area contributed by atoms with Crippen molar-refractivity contribution in [3.63, 3.8) is 0 Å². The molecular weight excluding hydrogens is 274 g/mol. The van der Waals surface area contributed by atoms with Crippen LogP contribution < -0.4 is 4.72 Å². The molecule has 0 aliphatic rings. The molecule has 1 rings (SSSR count). The number of nitrogens with zero attached hydrogens (tertiary/aromatic N) is 2. The van der Waals surface area contributed by atoms with E-state index in [1.165, 1.54) is 12.4 Å². The van der Waals surface area contributed by atoms with Crippen molar-refractivity contribution in [2.45, 2.75) is 50.5 Å². The zero-order chi connectivity index (χ0) is 13.8. The number of sulfonamides is 1. The van der Waals surface area contributed by atoms with Crippen LogP contribution >= 0.6 is 11.6 Å². The van der Waals surface area contributed by atoms with Crippen LogP contribution in [0.2, 0.25) is 5.28 Å². The van der Waals surface area contributed by atoms with E-state index in [1.54, 1.807) is 0 Å². The van der Waals surface area contributed by atoms with Gasteiger partial charge in [0.25, 0.3) is 0 Å². The lowest BCUT2D eigenvalue weighted by Gasteiger charge is -2.31. The molecule has 0 aliphatic heterocycles. The first kappa shape index (κ1) is 15.3. The maximum atomic E-state index is 12.2. The van der Waals surface area contributed by atoms with Crippen LogP contribution in [0, 0.1) is 0 Å². The minimum absolute atomic E-state index is 0.0293. The normalized spacial score (nSPS) is 12.7. The molecule has 0 radical (unpaired) electrons. The standard InChI is InChI=1S/C11H18ClN3O2S/c1-4-11(5-2,6-3)15-18(16,17)9-7-13-10(12)14-8-9/h7-8,15H,4-6H2,1-3H3. The van der Waals surface area contributed by atoms with Crippen molar-refractivity contribution in [1.29, 1.82) is 0 Å². The summed E-state index contributed by atoms with van der Waals surface area (Å²) in [7, 11) is -3.60. The van der Waals surface area contributed by atoms with Gasteiger partial charge in [-0.05, 0) is 30.9 Å². The molecule has 102 valence electrons. The Labute approximate surface area is 113 Å². The second-order valence-corrected chi connectivity index (χ2v) is 6.15. The molecule has 0 atom stereocenters. The lowest BCUT2D eigenvalue weighted by Crippen LogP contribution is -2.46. The lowest BCUT2D eigenvalue weighted by molar-refractivity contribution is 0.341. The van der Waals surface area contributed by atoms with Gasteiger partial charge in [-0.15, -0.1) is 0 Å². The van der Waals surface area contributed by atoms with Crippen LogP contribution in [0.4, 0.5) is 0 Å². The molecule has 1 heterocycles. The molecule has 0 saturated carbocycles. The van der Waals surface area contributed by atoms with Gasteiger partial charge in [0.05, 0.1) is 12.4 Å². The first-order valence-corrected chi connectivity index (χ1v) is 7.76. The molecule has 0 aliphatic carbocycles. The van der Waals surface area contributed by atoms with Crippen molar-refractivity contribution >= 4 is 21.6 Å².